The number of carboxylic acid groups (broad SMARTS) is 1. The molecule has 2 fully saturated rings. The van der Waals surface area contributed by atoms with Crippen molar-refractivity contribution >= 4 is 28.0 Å². The minimum atomic E-state index is -0.939. The number of aromatic carboxylic acids is 1. The number of pyridine rings is 1. The van der Waals surface area contributed by atoms with Gasteiger partial charge in [-0.15, -0.1) is 0 Å². The van der Waals surface area contributed by atoms with Crippen LogP contribution in [0.2, 0.25) is 0 Å². The maximum atomic E-state index is 11.6. The first-order valence-electron chi connectivity index (χ1n) is 15.0. The van der Waals surface area contributed by atoms with Crippen molar-refractivity contribution in [3.63, 3.8) is 0 Å². The summed E-state index contributed by atoms with van der Waals surface area (Å²) in [7, 11) is 0. The summed E-state index contributed by atoms with van der Waals surface area (Å²) in [6.45, 7) is 6.12. The van der Waals surface area contributed by atoms with Crippen molar-refractivity contribution in [2.45, 2.75) is 57.9 Å². The van der Waals surface area contributed by atoms with Gasteiger partial charge in [0.2, 0.25) is 5.88 Å². The lowest BCUT2D eigenvalue weighted by atomic mass is 9.93. The summed E-state index contributed by atoms with van der Waals surface area (Å²) in [4.78, 5) is 23.8. The smallest absolute Gasteiger partial charge is 0.335 e. The Morgan fingerprint density at radius 3 is 2.70 bits per heavy atom. The molecule has 7 rings (SSSR count). The summed E-state index contributed by atoms with van der Waals surface area (Å²) in [6.07, 6.45) is 3.07. The number of likely N-dealkylation sites (tertiary alicyclic amines) is 1. The van der Waals surface area contributed by atoms with Crippen molar-refractivity contribution in [1.29, 1.82) is 5.26 Å². The van der Waals surface area contributed by atoms with Gasteiger partial charge in [0.15, 0.2) is 0 Å². The van der Waals surface area contributed by atoms with Gasteiger partial charge in [0.05, 0.1) is 47.4 Å². The first-order chi connectivity index (χ1) is 21.4. The van der Waals surface area contributed by atoms with Gasteiger partial charge in [-0.3, -0.25) is 4.90 Å². The van der Waals surface area contributed by atoms with Gasteiger partial charge < -0.3 is 23.6 Å². The van der Waals surface area contributed by atoms with E-state index in [1.54, 1.807) is 24.3 Å². The zero-order chi connectivity index (χ0) is 30.2. The largest absolute Gasteiger partial charge is 0.478 e. The standard InChI is InChI=1S/C34H33N5O5/c1-21-15-27-24(17-35)5-6-25(33(27)44-21)20-43-32-4-2-3-28(37-32)22-9-12-38(13-10-22)19-31-36-29-8-7-23(34(40)41)16-30(29)39(31)18-26-11-14-42-26/h2-8,15-16,22,26H,9-14,18-20H2,1H3,(H,40,41). The van der Waals surface area contributed by atoms with E-state index in [4.69, 9.17) is 23.9 Å². The molecule has 0 spiro atoms. The number of piperidine rings is 1. The number of imidazole rings is 1. The highest BCUT2D eigenvalue weighted by molar-refractivity contribution is 5.92. The number of nitrogens with zero attached hydrogens (tertiary/aromatic N) is 5. The predicted molar refractivity (Wildman–Crippen MR) is 163 cm³/mol. The second kappa shape index (κ2) is 11.8. The number of carbonyl (C=O) groups is 1. The van der Waals surface area contributed by atoms with Crippen LogP contribution in [-0.4, -0.2) is 56.3 Å². The number of furan rings is 1. The maximum Gasteiger partial charge on any atom is 0.335 e. The van der Waals surface area contributed by atoms with Crippen molar-refractivity contribution in [3.05, 3.63) is 88.6 Å². The Morgan fingerprint density at radius 2 is 1.95 bits per heavy atom. The topological polar surface area (TPSA) is 127 Å². The third-order valence-corrected chi connectivity index (χ3v) is 8.75. The number of ether oxygens (including phenoxy) is 2. The molecule has 2 saturated heterocycles. The molecule has 0 aliphatic carbocycles. The monoisotopic (exact) mass is 591 g/mol. The first kappa shape index (κ1) is 28.1. The minimum absolute atomic E-state index is 0.136. The average Bonchev–Trinajstić information content (AvgIpc) is 3.57. The van der Waals surface area contributed by atoms with Crippen molar-refractivity contribution in [2.75, 3.05) is 19.7 Å². The van der Waals surface area contributed by atoms with E-state index in [2.05, 4.69) is 21.6 Å². The van der Waals surface area contributed by atoms with Crippen LogP contribution in [0.15, 0.2) is 59.0 Å². The van der Waals surface area contributed by atoms with Crippen LogP contribution in [0.5, 0.6) is 5.88 Å². The van der Waals surface area contributed by atoms with Gasteiger partial charge in [-0.2, -0.15) is 5.26 Å². The summed E-state index contributed by atoms with van der Waals surface area (Å²) in [5.41, 5.74) is 5.09. The Labute approximate surface area is 254 Å². The van der Waals surface area contributed by atoms with E-state index in [1.807, 2.05) is 31.2 Å². The van der Waals surface area contributed by atoms with Crippen LogP contribution in [-0.2, 0) is 24.4 Å². The fraction of sp³-hybridized carbons (Fsp3) is 0.353. The minimum Gasteiger partial charge on any atom is -0.478 e. The van der Waals surface area contributed by atoms with Gasteiger partial charge in [0, 0.05) is 35.2 Å². The summed E-state index contributed by atoms with van der Waals surface area (Å²) in [5, 5.41) is 19.8. The zero-order valence-electron chi connectivity index (χ0n) is 24.5. The van der Waals surface area contributed by atoms with E-state index in [0.717, 1.165) is 78.2 Å². The Bertz CT molecular complexity index is 1890. The van der Waals surface area contributed by atoms with Crippen molar-refractivity contribution in [2.24, 2.45) is 0 Å². The second-order valence-electron chi connectivity index (χ2n) is 11.7. The molecular weight excluding hydrogens is 558 g/mol. The summed E-state index contributed by atoms with van der Waals surface area (Å²) in [5.74, 6) is 1.65. The third-order valence-electron chi connectivity index (χ3n) is 8.75. The lowest BCUT2D eigenvalue weighted by Crippen LogP contribution is -2.35. The molecule has 0 bridgehead atoms. The molecule has 1 atom stereocenters. The van der Waals surface area contributed by atoms with E-state index in [1.165, 1.54) is 0 Å². The quantitative estimate of drug-likeness (QED) is 0.226. The average molecular weight is 592 g/mol. The summed E-state index contributed by atoms with van der Waals surface area (Å²) >= 11 is 0. The highest BCUT2D eigenvalue weighted by Crippen LogP contribution is 2.31. The van der Waals surface area contributed by atoms with Gasteiger partial charge in [-0.05, 0) is 75.7 Å². The molecule has 5 heterocycles. The van der Waals surface area contributed by atoms with Crippen LogP contribution >= 0.6 is 0 Å². The molecule has 5 aromatic rings. The molecule has 224 valence electrons. The number of carboxylic acids is 1. The number of nitriles is 1. The zero-order valence-corrected chi connectivity index (χ0v) is 24.5. The Balaban J connectivity index is 1.01. The van der Waals surface area contributed by atoms with E-state index in [9.17, 15) is 15.2 Å². The second-order valence-corrected chi connectivity index (χ2v) is 11.7. The summed E-state index contributed by atoms with van der Waals surface area (Å²) in [6, 6.07) is 18.9. The molecule has 2 aliphatic heterocycles. The number of rotatable bonds is 9. The number of hydrogen-bond acceptors (Lipinski definition) is 8. The molecule has 1 unspecified atom stereocenters. The highest BCUT2D eigenvalue weighted by Gasteiger charge is 2.26. The number of aromatic nitrogens is 3. The molecule has 44 heavy (non-hydrogen) atoms. The first-order valence-corrected chi connectivity index (χ1v) is 15.0. The summed E-state index contributed by atoms with van der Waals surface area (Å²) < 4.78 is 19.8. The van der Waals surface area contributed by atoms with E-state index >= 15 is 0 Å². The van der Waals surface area contributed by atoms with Crippen LogP contribution in [0, 0.1) is 18.3 Å². The van der Waals surface area contributed by atoms with Crippen LogP contribution < -0.4 is 4.74 Å². The van der Waals surface area contributed by atoms with Gasteiger partial charge in [-0.1, -0.05) is 12.1 Å². The number of aryl methyl sites for hydroxylation is 1. The number of hydrogen-bond donors (Lipinski definition) is 1. The van der Waals surface area contributed by atoms with E-state index < -0.39 is 5.97 Å². The fourth-order valence-corrected chi connectivity index (χ4v) is 6.25. The van der Waals surface area contributed by atoms with Crippen molar-refractivity contribution in [1.82, 2.24) is 19.4 Å². The SMILES string of the molecule is Cc1cc2c(C#N)ccc(COc3cccc(C4CCN(Cc5nc6ccc(C(=O)O)cc6n5CC5CCO5)CC4)n3)c2o1. The van der Waals surface area contributed by atoms with Crippen LogP contribution in [0.4, 0.5) is 0 Å². The Hall–Kier alpha value is -4.72. The number of fused-ring (bicyclic) bond motifs is 2. The van der Waals surface area contributed by atoms with Crippen LogP contribution in [0.1, 0.15) is 63.9 Å². The predicted octanol–water partition coefficient (Wildman–Crippen LogP) is 5.80. The molecule has 10 heteroatoms. The maximum absolute atomic E-state index is 11.6. The highest BCUT2D eigenvalue weighted by atomic mass is 16.5. The third kappa shape index (κ3) is 5.52. The lowest BCUT2D eigenvalue weighted by molar-refractivity contribution is -0.0592. The molecule has 10 nitrogen and oxygen atoms in total. The molecule has 0 saturated carbocycles. The Kier molecular flexibility index (Phi) is 7.50. The number of benzene rings is 2. The van der Waals surface area contributed by atoms with Crippen LogP contribution in [0.25, 0.3) is 22.0 Å². The van der Waals surface area contributed by atoms with Gasteiger partial charge in [0.1, 0.15) is 23.8 Å². The van der Waals surface area contributed by atoms with Gasteiger partial charge in [0.25, 0.3) is 0 Å². The Morgan fingerprint density at radius 1 is 1.11 bits per heavy atom. The van der Waals surface area contributed by atoms with Gasteiger partial charge >= 0.3 is 5.97 Å². The van der Waals surface area contributed by atoms with Gasteiger partial charge in [-0.25, -0.2) is 14.8 Å². The van der Waals surface area contributed by atoms with Crippen molar-refractivity contribution < 1.29 is 23.8 Å². The molecular formula is C34H33N5O5. The van der Waals surface area contributed by atoms with Crippen LogP contribution in [0.3, 0.4) is 0 Å². The molecule has 2 aromatic carbocycles. The molecule has 0 amide bonds. The molecule has 3 aromatic heterocycles. The fourth-order valence-electron chi connectivity index (χ4n) is 6.25. The molecule has 0 radical (unpaired) electrons. The molecule has 1 N–H and O–H groups in total. The molecule has 2 aliphatic rings. The van der Waals surface area contributed by atoms with E-state index in [-0.39, 0.29) is 11.7 Å². The van der Waals surface area contributed by atoms with E-state index in [0.29, 0.717) is 42.6 Å². The normalized spacial score (nSPS) is 17.5. The van der Waals surface area contributed by atoms with Crippen molar-refractivity contribution in [3.8, 4) is 11.9 Å². The lowest BCUT2D eigenvalue weighted by Gasteiger charge is -2.32.